The van der Waals surface area contributed by atoms with Gasteiger partial charge in [-0.1, -0.05) is 6.42 Å². The molecule has 0 aliphatic carbocycles. The van der Waals surface area contributed by atoms with Crippen molar-refractivity contribution in [2.24, 2.45) is 5.73 Å². The molecule has 0 spiro atoms. The van der Waals surface area contributed by atoms with Gasteiger partial charge in [0, 0.05) is 36.6 Å². The molecule has 0 aromatic carbocycles. The highest BCUT2D eigenvalue weighted by atomic mass is 32.2. The summed E-state index contributed by atoms with van der Waals surface area (Å²) in [4.78, 5) is 3.37. The van der Waals surface area contributed by atoms with E-state index in [2.05, 4.69) is 4.90 Å². The van der Waals surface area contributed by atoms with Crippen LogP contribution in [0.15, 0.2) is 16.3 Å². The third-order valence-electron chi connectivity index (χ3n) is 4.53. The van der Waals surface area contributed by atoms with E-state index in [4.69, 9.17) is 5.73 Å². The van der Waals surface area contributed by atoms with Crippen LogP contribution >= 0.6 is 11.3 Å². The second kappa shape index (κ2) is 5.96. The van der Waals surface area contributed by atoms with Crippen molar-refractivity contribution in [2.45, 2.75) is 49.0 Å². The van der Waals surface area contributed by atoms with Gasteiger partial charge in [0.1, 0.15) is 4.21 Å². The van der Waals surface area contributed by atoms with Crippen LogP contribution in [0.4, 0.5) is 0 Å². The van der Waals surface area contributed by atoms with Crippen molar-refractivity contribution in [2.75, 3.05) is 19.6 Å². The van der Waals surface area contributed by atoms with Crippen molar-refractivity contribution in [1.29, 1.82) is 0 Å². The minimum atomic E-state index is -3.38. The van der Waals surface area contributed by atoms with Crippen LogP contribution in [-0.2, 0) is 16.6 Å². The van der Waals surface area contributed by atoms with Crippen molar-refractivity contribution in [1.82, 2.24) is 9.21 Å². The van der Waals surface area contributed by atoms with E-state index in [0.717, 1.165) is 24.4 Å². The number of sulfonamides is 1. The molecular weight excluding hydrogens is 306 g/mol. The Morgan fingerprint density at radius 3 is 2.86 bits per heavy atom. The summed E-state index contributed by atoms with van der Waals surface area (Å²) in [6.45, 7) is 4.99. The van der Waals surface area contributed by atoms with Crippen LogP contribution in [0.2, 0.25) is 0 Å². The Hall–Kier alpha value is -0.470. The van der Waals surface area contributed by atoms with Gasteiger partial charge in [0.05, 0.1) is 0 Å². The number of nitrogens with zero attached hydrogens (tertiary/aromatic N) is 2. The summed E-state index contributed by atoms with van der Waals surface area (Å²) in [7, 11) is -3.38. The Morgan fingerprint density at radius 1 is 1.33 bits per heavy atom. The molecule has 2 fully saturated rings. The van der Waals surface area contributed by atoms with Crippen LogP contribution in [0.1, 0.15) is 31.1 Å². The fourth-order valence-corrected chi connectivity index (χ4v) is 6.41. The molecule has 0 amide bonds. The van der Waals surface area contributed by atoms with Crippen molar-refractivity contribution in [3.63, 3.8) is 0 Å². The van der Waals surface area contributed by atoms with Crippen LogP contribution in [-0.4, -0.2) is 49.3 Å². The molecule has 5 nitrogen and oxygen atoms in total. The summed E-state index contributed by atoms with van der Waals surface area (Å²) in [5.41, 5.74) is 5.59. The van der Waals surface area contributed by atoms with Gasteiger partial charge in [0.2, 0.25) is 0 Å². The summed E-state index contributed by atoms with van der Waals surface area (Å²) in [5.74, 6) is 0. The zero-order valence-corrected chi connectivity index (χ0v) is 14.0. The Bertz CT molecular complexity index is 599. The average molecular weight is 329 g/mol. The van der Waals surface area contributed by atoms with Gasteiger partial charge in [-0.15, -0.1) is 11.3 Å². The maximum atomic E-state index is 12.9. The highest BCUT2D eigenvalue weighted by Gasteiger charge is 2.39. The van der Waals surface area contributed by atoms with E-state index in [0.29, 0.717) is 23.3 Å². The molecule has 2 atom stereocenters. The summed E-state index contributed by atoms with van der Waals surface area (Å²) < 4.78 is 27.9. The van der Waals surface area contributed by atoms with Gasteiger partial charge in [0.25, 0.3) is 10.0 Å². The maximum absolute atomic E-state index is 12.9. The third-order valence-corrected chi connectivity index (χ3v) is 8.09. The molecule has 118 valence electrons. The predicted molar refractivity (Wildman–Crippen MR) is 84.8 cm³/mol. The molecule has 7 heteroatoms. The van der Waals surface area contributed by atoms with Crippen molar-refractivity contribution in [3.05, 3.63) is 17.0 Å². The van der Waals surface area contributed by atoms with Crippen LogP contribution in [0.25, 0.3) is 0 Å². The van der Waals surface area contributed by atoms with E-state index in [1.807, 2.05) is 13.0 Å². The van der Waals surface area contributed by atoms with Gasteiger partial charge in [-0.25, -0.2) is 8.42 Å². The van der Waals surface area contributed by atoms with Crippen molar-refractivity contribution in [3.8, 4) is 0 Å². The highest BCUT2D eigenvalue weighted by Crippen LogP contribution is 2.31. The fourth-order valence-electron chi connectivity index (χ4n) is 3.38. The molecule has 2 aliphatic rings. The number of hydrogen-bond donors (Lipinski definition) is 1. The minimum Gasteiger partial charge on any atom is -0.326 e. The van der Waals surface area contributed by atoms with Gasteiger partial charge < -0.3 is 5.73 Å². The van der Waals surface area contributed by atoms with Crippen molar-refractivity contribution >= 4 is 21.4 Å². The van der Waals surface area contributed by atoms with E-state index in [9.17, 15) is 8.42 Å². The topological polar surface area (TPSA) is 66.6 Å². The largest absolute Gasteiger partial charge is 0.326 e. The lowest BCUT2D eigenvalue weighted by atomic mass is 9.99. The Balaban J connectivity index is 1.84. The number of rotatable bonds is 3. The molecule has 2 aliphatic heterocycles. The third kappa shape index (κ3) is 2.90. The van der Waals surface area contributed by atoms with Gasteiger partial charge in [-0.3, -0.25) is 4.90 Å². The number of hydrogen-bond acceptors (Lipinski definition) is 5. The lowest BCUT2D eigenvalue weighted by Crippen LogP contribution is -2.59. The number of nitrogens with two attached hydrogens (primary N) is 1. The molecule has 1 aromatic heterocycles. The van der Waals surface area contributed by atoms with Gasteiger partial charge >= 0.3 is 0 Å². The molecule has 2 unspecified atom stereocenters. The molecule has 0 radical (unpaired) electrons. The number of piperazine rings is 1. The quantitative estimate of drug-likeness (QED) is 0.911. The Labute approximate surface area is 130 Å². The second-order valence-electron chi connectivity index (χ2n) is 5.99. The monoisotopic (exact) mass is 329 g/mol. The van der Waals surface area contributed by atoms with E-state index in [1.54, 1.807) is 10.4 Å². The average Bonchev–Trinajstić information content (AvgIpc) is 2.96. The molecule has 21 heavy (non-hydrogen) atoms. The maximum Gasteiger partial charge on any atom is 0.252 e. The Morgan fingerprint density at radius 2 is 2.14 bits per heavy atom. The fraction of sp³-hybridized carbons (Fsp3) is 0.714. The van der Waals surface area contributed by atoms with E-state index < -0.39 is 10.0 Å². The summed E-state index contributed by atoms with van der Waals surface area (Å²) in [5, 5.41) is 0. The summed E-state index contributed by atoms with van der Waals surface area (Å²) >= 11 is 1.30. The standard InChI is InChI=1S/C14H23N3O2S2/c1-11-9-16-7-3-2-4-12(16)10-17(11)21(18,19)14-6-5-13(8-15)20-14/h5-6,11-12H,2-4,7-10,15H2,1H3. The van der Waals surface area contributed by atoms with Gasteiger partial charge in [-0.2, -0.15) is 4.31 Å². The Kier molecular flexibility index (Phi) is 4.38. The zero-order valence-electron chi connectivity index (χ0n) is 12.4. The molecule has 3 rings (SSSR count). The highest BCUT2D eigenvalue weighted by molar-refractivity contribution is 7.91. The van der Waals surface area contributed by atoms with Crippen LogP contribution in [0.5, 0.6) is 0 Å². The second-order valence-corrected chi connectivity index (χ2v) is 9.28. The first-order valence-electron chi connectivity index (χ1n) is 7.57. The molecular formula is C14H23N3O2S2. The lowest BCUT2D eigenvalue weighted by Gasteiger charge is -2.46. The van der Waals surface area contributed by atoms with Crippen LogP contribution in [0, 0.1) is 0 Å². The SMILES string of the molecule is CC1CN2CCCCC2CN1S(=O)(=O)c1ccc(CN)s1. The van der Waals surface area contributed by atoms with Crippen LogP contribution < -0.4 is 5.73 Å². The molecule has 1 aromatic rings. The normalized spacial score (nSPS) is 28.5. The summed E-state index contributed by atoms with van der Waals surface area (Å²) in [6.07, 6.45) is 3.55. The summed E-state index contributed by atoms with van der Waals surface area (Å²) in [6, 6.07) is 3.94. The lowest BCUT2D eigenvalue weighted by molar-refractivity contribution is 0.0565. The van der Waals surface area contributed by atoms with Crippen molar-refractivity contribution < 1.29 is 8.42 Å². The number of thiophene rings is 1. The first-order chi connectivity index (χ1) is 10.0. The molecule has 2 saturated heterocycles. The minimum absolute atomic E-state index is 0.0350. The molecule has 2 N–H and O–H groups in total. The molecule has 0 bridgehead atoms. The number of piperidine rings is 1. The first kappa shape index (κ1) is 15.4. The van der Waals surface area contributed by atoms with E-state index in [1.165, 1.54) is 24.2 Å². The van der Waals surface area contributed by atoms with Crippen LogP contribution in [0.3, 0.4) is 0 Å². The van der Waals surface area contributed by atoms with Gasteiger partial charge in [-0.05, 0) is 38.4 Å². The zero-order chi connectivity index (χ0) is 15.0. The van der Waals surface area contributed by atoms with Gasteiger partial charge in [0.15, 0.2) is 0 Å². The first-order valence-corrected chi connectivity index (χ1v) is 9.82. The predicted octanol–water partition coefficient (Wildman–Crippen LogP) is 1.45. The van der Waals surface area contributed by atoms with E-state index in [-0.39, 0.29) is 6.04 Å². The molecule has 0 saturated carbocycles. The number of fused-ring (bicyclic) bond motifs is 1. The molecule has 3 heterocycles. The smallest absolute Gasteiger partial charge is 0.252 e. The van der Waals surface area contributed by atoms with E-state index >= 15 is 0 Å².